The highest BCUT2D eigenvalue weighted by atomic mass is 15.4. The molecule has 0 amide bonds. The fraction of sp³-hybridized carbons (Fsp3) is 0.375. The Morgan fingerprint density at radius 3 is 2.45 bits per heavy atom. The average Bonchev–Trinajstić information content (AvgIpc) is 2.47. The summed E-state index contributed by atoms with van der Waals surface area (Å²) >= 11 is 0. The van der Waals surface area contributed by atoms with E-state index >= 15 is 0 Å². The molecule has 1 aromatic heterocycles. The van der Waals surface area contributed by atoms with Crippen LogP contribution in [-0.4, -0.2) is 9.97 Å². The van der Waals surface area contributed by atoms with Crippen LogP contribution >= 0.6 is 0 Å². The maximum absolute atomic E-state index is 6.26. The summed E-state index contributed by atoms with van der Waals surface area (Å²) in [6.45, 7) is 6.45. The van der Waals surface area contributed by atoms with E-state index in [1.807, 2.05) is 30.3 Å². The third kappa shape index (κ3) is 2.96. The Hall–Kier alpha value is -1.94. The van der Waals surface area contributed by atoms with Crippen molar-refractivity contribution >= 4 is 11.5 Å². The second kappa shape index (κ2) is 6.48. The SMILES string of the molecule is CCCc1c(C(C)C)ncnc1N(N)c1ccccc1. The lowest BCUT2D eigenvalue weighted by Gasteiger charge is -2.22. The number of anilines is 2. The second-order valence-electron chi connectivity index (χ2n) is 5.17. The molecule has 0 saturated heterocycles. The summed E-state index contributed by atoms with van der Waals surface area (Å²) in [5.41, 5.74) is 3.16. The lowest BCUT2D eigenvalue weighted by Crippen LogP contribution is -2.28. The van der Waals surface area contributed by atoms with Crippen molar-refractivity contribution in [3.63, 3.8) is 0 Å². The smallest absolute Gasteiger partial charge is 0.154 e. The second-order valence-corrected chi connectivity index (χ2v) is 5.17. The van der Waals surface area contributed by atoms with Crippen molar-refractivity contribution in [3.05, 3.63) is 47.9 Å². The highest BCUT2D eigenvalue weighted by Crippen LogP contribution is 2.28. The van der Waals surface area contributed by atoms with Gasteiger partial charge in [-0.05, 0) is 24.5 Å². The molecule has 20 heavy (non-hydrogen) atoms. The van der Waals surface area contributed by atoms with Crippen molar-refractivity contribution in [3.8, 4) is 0 Å². The van der Waals surface area contributed by atoms with Gasteiger partial charge in [-0.1, -0.05) is 45.4 Å². The Balaban J connectivity index is 2.47. The minimum absolute atomic E-state index is 0.363. The van der Waals surface area contributed by atoms with Gasteiger partial charge in [0.15, 0.2) is 5.82 Å². The van der Waals surface area contributed by atoms with Gasteiger partial charge in [-0.2, -0.15) is 0 Å². The molecular formula is C16H22N4. The maximum Gasteiger partial charge on any atom is 0.154 e. The molecule has 2 aromatic rings. The summed E-state index contributed by atoms with van der Waals surface area (Å²) in [5.74, 6) is 7.43. The molecule has 0 aliphatic heterocycles. The largest absolute Gasteiger partial charge is 0.262 e. The minimum Gasteiger partial charge on any atom is -0.262 e. The molecule has 0 saturated carbocycles. The number of rotatable bonds is 5. The van der Waals surface area contributed by atoms with Crippen LogP contribution in [0.1, 0.15) is 44.4 Å². The van der Waals surface area contributed by atoms with Crippen LogP contribution < -0.4 is 10.9 Å². The van der Waals surface area contributed by atoms with Gasteiger partial charge in [0.25, 0.3) is 0 Å². The average molecular weight is 270 g/mol. The van der Waals surface area contributed by atoms with E-state index in [1.165, 1.54) is 0 Å². The minimum atomic E-state index is 0.363. The maximum atomic E-state index is 6.26. The number of nitrogens with zero attached hydrogens (tertiary/aromatic N) is 3. The number of benzene rings is 1. The van der Waals surface area contributed by atoms with E-state index in [1.54, 1.807) is 11.3 Å². The van der Waals surface area contributed by atoms with Gasteiger partial charge in [0.1, 0.15) is 6.33 Å². The standard InChI is InChI=1S/C16H22N4/c1-4-8-14-15(12(2)3)18-11-19-16(14)20(17)13-9-6-5-7-10-13/h5-7,9-12H,4,8,17H2,1-3H3. The molecule has 2 rings (SSSR count). The number of hydrazine groups is 1. The molecule has 0 aliphatic rings. The van der Waals surface area contributed by atoms with E-state index in [-0.39, 0.29) is 0 Å². The van der Waals surface area contributed by atoms with Crippen LogP contribution in [0.4, 0.5) is 11.5 Å². The molecule has 0 bridgehead atoms. The monoisotopic (exact) mass is 270 g/mol. The summed E-state index contributed by atoms with van der Waals surface area (Å²) in [5, 5.41) is 1.65. The fourth-order valence-electron chi connectivity index (χ4n) is 2.32. The highest BCUT2D eigenvalue weighted by molar-refractivity contribution is 5.61. The van der Waals surface area contributed by atoms with Gasteiger partial charge in [0.2, 0.25) is 0 Å². The van der Waals surface area contributed by atoms with E-state index in [4.69, 9.17) is 5.84 Å². The van der Waals surface area contributed by atoms with Crippen LogP contribution in [0.5, 0.6) is 0 Å². The van der Waals surface area contributed by atoms with Gasteiger partial charge in [0.05, 0.1) is 11.4 Å². The Labute approximate surface area is 120 Å². The number of nitrogens with two attached hydrogens (primary N) is 1. The third-order valence-corrected chi connectivity index (χ3v) is 3.27. The van der Waals surface area contributed by atoms with Crippen LogP contribution in [0.15, 0.2) is 36.7 Å². The molecule has 0 spiro atoms. The molecule has 2 N–H and O–H groups in total. The number of para-hydroxylation sites is 1. The molecule has 4 nitrogen and oxygen atoms in total. The van der Waals surface area contributed by atoms with Gasteiger partial charge in [-0.25, -0.2) is 15.8 Å². The van der Waals surface area contributed by atoms with Crippen LogP contribution in [-0.2, 0) is 6.42 Å². The summed E-state index contributed by atoms with van der Waals surface area (Å²) in [6.07, 6.45) is 3.58. The zero-order valence-corrected chi connectivity index (χ0v) is 12.4. The summed E-state index contributed by atoms with van der Waals surface area (Å²) in [7, 11) is 0. The van der Waals surface area contributed by atoms with Crippen LogP contribution in [0.25, 0.3) is 0 Å². The zero-order valence-electron chi connectivity index (χ0n) is 12.4. The van der Waals surface area contributed by atoms with Crippen molar-refractivity contribution < 1.29 is 0 Å². The molecule has 0 aliphatic carbocycles. The van der Waals surface area contributed by atoms with Crippen molar-refractivity contribution in [2.75, 3.05) is 5.01 Å². The first-order valence-corrected chi connectivity index (χ1v) is 7.08. The molecule has 4 heteroatoms. The van der Waals surface area contributed by atoms with E-state index < -0.39 is 0 Å². The third-order valence-electron chi connectivity index (χ3n) is 3.27. The number of hydrogen-bond donors (Lipinski definition) is 1. The molecule has 1 heterocycles. The van der Waals surface area contributed by atoms with Gasteiger partial charge in [-0.3, -0.25) is 5.01 Å². The molecule has 0 atom stereocenters. The first-order valence-electron chi connectivity index (χ1n) is 7.08. The Morgan fingerprint density at radius 2 is 1.85 bits per heavy atom. The van der Waals surface area contributed by atoms with E-state index in [0.29, 0.717) is 5.92 Å². The Kier molecular flexibility index (Phi) is 4.69. The lowest BCUT2D eigenvalue weighted by atomic mass is 10.0. The first kappa shape index (κ1) is 14.5. The van der Waals surface area contributed by atoms with Crippen molar-refractivity contribution in [1.82, 2.24) is 9.97 Å². The first-order chi connectivity index (χ1) is 9.65. The van der Waals surface area contributed by atoms with Crippen molar-refractivity contribution in [2.45, 2.75) is 39.5 Å². The highest BCUT2D eigenvalue weighted by Gasteiger charge is 2.17. The van der Waals surface area contributed by atoms with Gasteiger partial charge in [-0.15, -0.1) is 0 Å². The molecule has 0 fully saturated rings. The summed E-state index contributed by atoms with van der Waals surface area (Å²) in [6, 6.07) is 9.88. The van der Waals surface area contributed by atoms with E-state index in [2.05, 4.69) is 30.7 Å². The van der Waals surface area contributed by atoms with Crippen molar-refractivity contribution in [1.29, 1.82) is 0 Å². The van der Waals surface area contributed by atoms with Crippen LogP contribution in [0, 0.1) is 0 Å². The molecule has 0 unspecified atom stereocenters. The Bertz CT molecular complexity index is 552. The lowest BCUT2D eigenvalue weighted by molar-refractivity contribution is 0.766. The quantitative estimate of drug-likeness (QED) is 0.666. The number of hydrogen-bond acceptors (Lipinski definition) is 4. The fourth-order valence-corrected chi connectivity index (χ4v) is 2.32. The van der Waals surface area contributed by atoms with Crippen molar-refractivity contribution in [2.24, 2.45) is 5.84 Å². The topological polar surface area (TPSA) is 55.0 Å². The van der Waals surface area contributed by atoms with Crippen LogP contribution in [0.2, 0.25) is 0 Å². The summed E-state index contributed by atoms with van der Waals surface area (Å²) < 4.78 is 0. The van der Waals surface area contributed by atoms with E-state index in [0.717, 1.165) is 35.6 Å². The molecule has 1 aromatic carbocycles. The van der Waals surface area contributed by atoms with Gasteiger partial charge in [0, 0.05) is 5.56 Å². The van der Waals surface area contributed by atoms with E-state index in [9.17, 15) is 0 Å². The predicted octanol–water partition coefficient (Wildman–Crippen LogP) is 3.56. The summed E-state index contributed by atoms with van der Waals surface area (Å²) in [4.78, 5) is 8.85. The molecule has 0 radical (unpaired) electrons. The van der Waals surface area contributed by atoms with Gasteiger partial charge >= 0.3 is 0 Å². The Morgan fingerprint density at radius 1 is 1.15 bits per heavy atom. The zero-order chi connectivity index (χ0) is 14.5. The normalized spacial score (nSPS) is 10.8. The molecular weight excluding hydrogens is 248 g/mol. The predicted molar refractivity (Wildman–Crippen MR) is 82.9 cm³/mol. The van der Waals surface area contributed by atoms with Crippen LogP contribution in [0.3, 0.4) is 0 Å². The number of aromatic nitrogens is 2. The van der Waals surface area contributed by atoms with Gasteiger partial charge < -0.3 is 0 Å². The molecule has 106 valence electrons.